The third-order valence-electron chi connectivity index (χ3n) is 3.93. The molecule has 0 aliphatic rings. The lowest BCUT2D eigenvalue weighted by atomic mass is 10.0. The van der Waals surface area contributed by atoms with Crippen LogP contribution in [0.3, 0.4) is 0 Å². The van der Waals surface area contributed by atoms with E-state index in [0.29, 0.717) is 6.54 Å². The Labute approximate surface area is 148 Å². The Morgan fingerprint density at radius 3 is 2.29 bits per heavy atom. The number of unbranched alkanes of at least 4 members (excludes halogenated alkanes) is 5. The van der Waals surface area contributed by atoms with E-state index in [1.807, 2.05) is 39.0 Å². The molecule has 0 aromatic heterocycles. The zero-order valence-corrected chi connectivity index (χ0v) is 15.9. The molecule has 0 bridgehead atoms. The first-order valence-corrected chi connectivity index (χ1v) is 9.42. The van der Waals surface area contributed by atoms with E-state index in [1.54, 1.807) is 0 Å². The summed E-state index contributed by atoms with van der Waals surface area (Å²) in [5.41, 5.74) is 0.749. The predicted molar refractivity (Wildman–Crippen MR) is 101 cm³/mol. The lowest BCUT2D eigenvalue weighted by Crippen LogP contribution is -2.41. The minimum absolute atomic E-state index is 0.132. The van der Waals surface area contributed by atoms with E-state index in [9.17, 15) is 4.79 Å². The van der Waals surface area contributed by atoms with Crippen LogP contribution in [0.5, 0.6) is 0 Å². The van der Waals surface area contributed by atoms with E-state index in [0.717, 1.165) is 12.8 Å². The second-order valence-corrected chi connectivity index (χ2v) is 7.51. The molecule has 0 aliphatic carbocycles. The zero-order chi connectivity index (χ0) is 17.8. The first-order chi connectivity index (χ1) is 11.4. The standard InChI is InChI=1S/C21H35NO2/c1-5-6-7-8-9-13-16-19(20(23)24-21(2,3)4)22-17-18-14-11-10-12-15-18/h10-12,14-15,19,22H,5-9,13,16-17H2,1-4H3. The molecule has 1 aromatic carbocycles. The second-order valence-electron chi connectivity index (χ2n) is 7.51. The highest BCUT2D eigenvalue weighted by molar-refractivity contribution is 5.76. The molecule has 0 fully saturated rings. The molecule has 24 heavy (non-hydrogen) atoms. The third-order valence-corrected chi connectivity index (χ3v) is 3.93. The summed E-state index contributed by atoms with van der Waals surface area (Å²) in [5.74, 6) is -0.132. The molecule has 0 saturated heterocycles. The fourth-order valence-corrected chi connectivity index (χ4v) is 2.64. The molecule has 1 N–H and O–H groups in total. The van der Waals surface area contributed by atoms with Crippen LogP contribution in [0.2, 0.25) is 0 Å². The minimum Gasteiger partial charge on any atom is -0.459 e. The summed E-state index contributed by atoms with van der Waals surface area (Å²) in [6, 6.07) is 9.97. The molecule has 0 spiro atoms. The molecule has 1 atom stereocenters. The highest BCUT2D eigenvalue weighted by Crippen LogP contribution is 2.14. The lowest BCUT2D eigenvalue weighted by Gasteiger charge is -2.24. The predicted octanol–water partition coefficient (Wildman–Crippen LogP) is 5.24. The van der Waals surface area contributed by atoms with Crippen molar-refractivity contribution in [3.8, 4) is 0 Å². The lowest BCUT2D eigenvalue weighted by molar-refractivity contribution is -0.157. The summed E-state index contributed by atoms with van der Waals surface area (Å²) in [7, 11) is 0. The monoisotopic (exact) mass is 333 g/mol. The van der Waals surface area contributed by atoms with Gasteiger partial charge in [0.1, 0.15) is 11.6 Å². The Morgan fingerprint density at radius 1 is 1.04 bits per heavy atom. The Balaban J connectivity index is 2.47. The van der Waals surface area contributed by atoms with Crippen molar-refractivity contribution in [1.29, 1.82) is 0 Å². The summed E-state index contributed by atoms with van der Waals surface area (Å²) in [6.45, 7) is 8.68. The van der Waals surface area contributed by atoms with Gasteiger partial charge in [-0.15, -0.1) is 0 Å². The molecule has 136 valence electrons. The van der Waals surface area contributed by atoms with Crippen LogP contribution < -0.4 is 5.32 Å². The van der Waals surface area contributed by atoms with Crippen LogP contribution in [0.1, 0.15) is 78.2 Å². The fraction of sp³-hybridized carbons (Fsp3) is 0.667. The van der Waals surface area contributed by atoms with E-state index in [1.165, 1.54) is 37.7 Å². The van der Waals surface area contributed by atoms with Crippen molar-refractivity contribution in [2.75, 3.05) is 0 Å². The van der Waals surface area contributed by atoms with E-state index in [2.05, 4.69) is 24.4 Å². The largest absolute Gasteiger partial charge is 0.459 e. The van der Waals surface area contributed by atoms with Gasteiger partial charge >= 0.3 is 5.97 Å². The number of hydrogen-bond donors (Lipinski definition) is 1. The van der Waals surface area contributed by atoms with Gasteiger partial charge in [0.25, 0.3) is 0 Å². The normalized spacial score (nSPS) is 12.8. The van der Waals surface area contributed by atoms with Gasteiger partial charge in [-0.1, -0.05) is 75.8 Å². The van der Waals surface area contributed by atoms with E-state index in [4.69, 9.17) is 4.74 Å². The Morgan fingerprint density at radius 2 is 1.67 bits per heavy atom. The van der Waals surface area contributed by atoms with Crippen LogP contribution in [0.25, 0.3) is 0 Å². The van der Waals surface area contributed by atoms with Crippen molar-refractivity contribution in [3.05, 3.63) is 35.9 Å². The van der Waals surface area contributed by atoms with Crippen molar-refractivity contribution in [3.63, 3.8) is 0 Å². The number of carbonyl (C=O) groups excluding carboxylic acids is 1. The van der Waals surface area contributed by atoms with Crippen LogP contribution >= 0.6 is 0 Å². The molecule has 3 heteroatoms. The maximum absolute atomic E-state index is 12.5. The highest BCUT2D eigenvalue weighted by Gasteiger charge is 2.24. The van der Waals surface area contributed by atoms with Gasteiger partial charge in [0, 0.05) is 6.54 Å². The molecule has 0 aliphatic heterocycles. The van der Waals surface area contributed by atoms with Crippen molar-refractivity contribution >= 4 is 5.97 Å². The van der Waals surface area contributed by atoms with E-state index < -0.39 is 5.60 Å². The summed E-state index contributed by atoms with van der Waals surface area (Å²) in [4.78, 5) is 12.5. The van der Waals surface area contributed by atoms with Gasteiger partial charge in [0.2, 0.25) is 0 Å². The van der Waals surface area contributed by atoms with E-state index >= 15 is 0 Å². The molecule has 1 unspecified atom stereocenters. The SMILES string of the molecule is CCCCCCCCC(NCc1ccccc1)C(=O)OC(C)(C)C. The summed E-state index contributed by atoms with van der Waals surface area (Å²) < 4.78 is 5.58. The first-order valence-electron chi connectivity index (χ1n) is 9.42. The van der Waals surface area contributed by atoms with Gasteiger partial charge in [0.15, 0.2) is 0 Å². The fourth-order valence-electron chi connectivity index (χ4n) is 2.64. The highest BCUT2D eigenvalue weighted by atomic mass is 16.6. The van der Waals surface area contributed by atoms with Gasteiger partial charge in [-0.05, 0) is 32.8 Å². The summed E-state index contributed by atoms with van der Waals surface area (Å²) in [6.07, 6.45) is 8.22. The van der Waals surface area contributed by atoms with Crippen molar-refractivity contribution < 1.29 is 9.53 Å². The number of hydrogen-bond acceptors (Lipinski definition) is 3. The average Bonchev–Trinajstić information content (AvgIpc) is 2.52. The number of nitrogens with one attached hydrogen (secondary N) is 1. The third kappa shape index (κ3) is 9.71. The van der Waals surface area contributed by atoms with Gasteiger partial charge < -0.3 is 10.1 Å². The average molecular weight is 334 g/mol. The number of ether oxygens (including phenoxy) is 1. The smallest absolute Gasteiger partial charge is 0.323 e. The van der Waals surface area contributed by atoms with Gasteiger partial charge in [-0.2, -0.15) is 0 Å². The maximum atomic E-state index is 12.5. The van der Waals surface area contributed by atoms with Crippen molar-refractivity contribution in [1.82, 2.24) is 5.32 Å². The van der Waals surface area contributed by atoms with Crippen molar-refractivity contribution in [2.45, 2.75) is 90.8 Å². The molecular weight excluding hydrogens is 298 g/mol. The Kier molecular flexibility index (Phi) is 9.70. The van der Waals surface area contributed by atoms with Gasteiger partial charge in [-0.3, -0.25) is 4.79 Å². The molecule has 1 aromatic rings. The van der Waals surface area contributed by atoms with Crippen LogP contribution in [-0.4, -0.2) is 17.6 Å². The number of benzene rings is 1. The minimum atomic E-state index is -0.440. The molecule has 0 saturated carbocycles. The maximum Gasteiger partial charge on any atom is 0.323 e. The van der Waals surface area contributed by atoms with Crippen molar-refractivity contribution in [2.24, 2.45) is 0 Å². The molecule has 0 radical (unpaired) electrons. The van der Waals surface area contributed by atoms with Gasteiger partial charge in [0.05, 0.1) is 0 Å². The number of esters is 1. The summed E-state index contributed by atoms with van der Waals surface area (Å²) >= 11 is 0. The van der Waals surface area contributed by atoms with Crippen LogP contribution in [0.15, 0.2) is 30.3 Å². The first kappa shape index (κ1) is 20.7. The zero-order valence-electron chi connectivity index (χ0n) is 15.9. The van der Waals surface area contributed by atoms with Crippen LogP contribution in [0, 0.1) is 0 Å². The second kappa shape index (κ2) is 11.2. The molecular formula is C21H35NO2. The molecule has 3 nitrogen and oxygen atoms in total. The van der Waals surface area contributed by atoms with Crippen LogP contribution in [-0.2, 0) is 16.1 Å². The van der Waals surface area contributed by atoms with Crippen LogP contribution in [0.4, 0.5) is 0 Å². The topological polar surface area (TPSA) is 38.3 Å². The quantitative estimate of drug-likeness (QED) is 0.445. The number of carbonyl (C=O) groups is 1. The number of rotatable bonds is 11. The molecule has 0 amide bonds. The molecule has 0 heterocycles. The Hall–Kier alpha value is -1.35. The van der Waals surface area contributed by atoms with E-state index in [-0.39, 0.29) is 12.0 Å². The van der Waals surface area contributed by atoms with Gasteiger partial charge in [-0.25, -0.2) is 0 Å². The summed E-state index contributed by atoms with van der Waals surface area (Å²) in [5, 5.41) is 3.39. The molecule has 1 rings (SSSR count). The Bertz CT molecular complexity index is 451.